The van der Waals surface area contributed by atoms with Gasteiger partial charge in [0.25, 0.3) is 5.91 Å². The summed E-state index contributed by atoms with van der Waals surface area (Å²) in [6.45, 7) is 6.43. The Morgan fingerprint density at radius 2 is 1.26 bits per heavy atom. The minimum atomic E-state index is -0.291. The Hall–Kier alpha value is -3.41. The molecule has 3 aromatic rings. The maximum Gasteiger partial charge on any atom is 0.255 e. The Bertz CT molecular complexity index is 1260. The summed E-state index contributed by atoms with van der Waals surface area (Å²) in [5.41, 5.74) is 4.13. The first-order valence-corrected chi connectivity index (χ1v) is 16.1. The van der Waals surface area contributed by atoms with Crippen LogP contribution in [0.1, 0.15) is 100 Å². The molecule has 0 bridgehead atoms. The predicted octanol–water partition coefficient (Wildman–Crippen LogP) is 8.58. The average Bonchev–Trinajstić information content (AvgIpc) is 3.37. The number of halogens is 1. The van der Waals surface area contributed by atoms with Crippen molar-refractivity contribution in [2.75, 3.05) is 26.2 Å². The Morgan fingerprint density at radius 1 is 0.714 bits per heavy atom. The third-order valence-corrected chi connectivity index (χ3v) is 8.55. The molecule has 5 nitrogen and oxygen atoms in total. The topological polar surface area (TPSA) is 45.6 Å². The molecule has 0 radical (unpaired) electrons. The number of nitrogens with zero attached hydrogens (tertiary/aromatic N) is 3. The molecule has 1 aliphatic rings. The predicted molar refractivity (Wildman–Crippen MR) is 169 cm³/mol. The monoisotopic (exact) mass is 573 g/mol. The van der Waals surface area contributed by atoms with Crippen LogP contribution in [0, 0.1) is 12.7 Å². The van der Waals surface area contributed by atoms with E-state index < -0.39 is 0 Å². The van der Waals surface area contributed by atoms with Crippen LogP contribution in [0.3, 0.4) is 0 Å². The van der Waals surface area contributed by atoms with E-state index in [2.05, 4.69) is 11.5 Å². The van der Waals surface area contributed by atoms with Crippen LogP contribution < -0.4 is 0 Å². The zero-order chi connectivity index (χ0) is 29.7. The van der Waals surface area contributed by atoms with E-state index in [1.165, 1.54) is 69.9 Å². The van der Waals surface area contributed by atoms with E-state index in [-0.39, 0.29) is 17.6 Å². The van der Waals surface area contributed by atoms with Crippen LogP contribution in [0.5, 0.6) is 0 Å². The largest absolute Gasteiger partial charge is 0.339 e. The maximum atomic E-state index is 13.7. The van der Waals surface area contributed by atoms with Crippen molar-refractivity contribution in [3.63, 3.8) is 0 Å². The molecule has 0 spiro atoms. The maximum absolute atomic E-state index is 13.7. The Kier molecular flexibility index (Phi) is 12.2. The van der Waals surface area contributed by atoms with Gasteiger partial charge < -0.3 is 14.4 Å². The van der Waals surface area contributed by atoms with Crippen LogP contribution in [0.25, 0.3) is 16.9 Å². The summed E-state index contributed by atoms with van der Waals surface area (Å²) >= 11 is 0. The van der Waals surface area contributed by atoms with Gasteiger partial charge in [-0.2, -0.15) is 0 Å². The number of rotatable bonds is 15. The van der Waals surface area contributed by atoms with E-state index in [1.807, 2.05) is 53.1 Å². The van der Waals surface area contributed by atoms with E-state index in [1.54, 1.807) is 12.1 Å². The van der Waals surface area contributed by atoms with Crippen LogP contribution >= 0.6 is 0 Å². The number of para-hydroxylation sites is 1. The van der Waals surface area contributed by atoms with Gasteiger partial charge >= 0.3 is 0 Å². The lowest BCUT2D eigenvalue weighted by Crippen LogP contribution is -2.50. The summed E-state index contributed by atoms with van der Waals surface area (Å²) < 4.78 is 15.7. The molecule has 42 heavy (non-hydrogen) atoms. The van der Waals surface area contributed by atoms with Crippen molar-refractivity contribution in [3.05, 3.63) is 77.7 Å². The highest BCUT2D eigenvalue weighted by atomic mass is 19.1. The van der Waals surface area contributed by atoms with Gasteiger partial charge in [-0.3, -0.25) is 9.59 Å². The molecule has 0 atom stereocenters. The van der Waals surface area contributed by atoms with E-state index in [4.69, 9.17) is 0 Å². The van der Waals surface area contributed by atoms with Crippen molar-refractivity contribution in [1.82, 2.24) is 14.4 Å². The fourth-order valence-electron chi connectivity index (χ4n) is 5.99. The fourth-order valence-corrected chi connectivity index (χ4v) is 5.99. The van der Waals surface area contributed by atoms with Crippen LogP contribution in [0.15, 0.2) is 60.7 Å². The number of benzene rings is 2. The number of carbonyl (C=O) groups is 2. The number of hydrogen-bond donors (Lipinski definition) is 0. The lowest BCUT2D eigenvalue weighted by molar-refractivity contribution is -0.132. The summed E-state index contributed by atoms with van der Waals surface area (Å²) in [7, 11) is 0. The third kappa shape index (κ3) is 8.56. The smallest absolute Gasteiger partial charge is 0.255 e. The molecule has 0 saturated carbocycles. The van der Waals surface area contributed by atoms with Crippen molar-refractivity contribution in [3.8, 4) is 16.9 Å². The van der Waals surface area contributed by atoms with Gasteiger partial charge in [0.2, 0.25) is 5.91 Å². The second-order valence-corrected chi connectivity index (χ2v) is 11.7. The van der Waals surface area contributed by atoms with Gasteiger partial charge in [-0.15, -0.1) is 0 Å². The molecule has 2 amide bonds. The first kappa shape index (κ1) is 31.5. The first-order chi connectivity index (χ1) is 20.5. The molecule has 0 unspecified atom stereocenters. The van der Waals surface area contributed by atoms with Gasteiger partial charge in [0.05, 0.1) is 11.3 Å². The highest BCUT2D eigenvalue weighted by Gasteiger charge is 2.28. The molecule has 2 heterocycles. The molecule has 0 N–H and O–H groups in total. The standard InChI is InChI=1S/C36H48FN3O2/c1-3-4-5-6-7-8-9-10-11-12-16-19-35(41)38-24-26-39(27-25-38)36(42)33-28-34(30-20-22-31(37)23-21-30)40(29(33)2)32-17-14-13-15-18-32/h13-15,17-18,20-23,28H,3-12,16,19,24-27H2,1-2H3. The van der Waals surface area contributed by atoms with Crippen molar-refractivity contribution in [2.45, 2.75) is 90.9 Å². The number of hydrogen-bond acceptors (Lipinski definition) is 2. The normalized spacial score (nSPS) is 13.5. The lowest BCUT2D eigenvalue weighted by atomic mass is 10.0. The lowest BCUT2D eigenvalue weighted by Gasteiger charge is -2.35. The summed E-state index contributed by atoms with van der Waals surface area (Å²) in [6, 6.07) is 18.2. The second-order valence-electron chi connectivity index (χ2n) is 11.7. The second kappa shape index (κ2) is 16.3. The number of amides is 2. The van der Waals surface area contributed by atoms with Crippen LogP contribution in [0.4, 0.5) is 4.39 Å². The molecule has 1 aliphatic heterocycles. The highest BCUT2D eigenvalue weighted by molar-refractivity contribution is 5.97. The summed E-state index contributed by atoms with van der Waals surface area (Å²) in [6.07, 6.45) is 14.6. The van der Waals surface area contributed by atoms with E-state index in [0.29, 0.717) is 38.2 Å². The van der Waals surface area contributed by atoms with Crippen molar-refractivity contribution in [1.29, 1.82) is 0 Å². The van der Waals surface area contributed by atoms with Crippen molar-refractivity contribution < 1.29 is 14.0 Å². The highest BCUT2D eigenvalue weighted by Crippen LogP contribution is 2.30. The quantitative estimate of drug-likeness (QED) is 0.171. The number of piperazine rings is 1. The molecule has 1 saturated heterocycles. The van der Waals surface area contributed by atoms with Crippen molar-refractivity contribution >= 4 is 11.8 Å². The van der Waals surface area contributed by atoms with E-state index in [9.17, 15) is 14.0 Å². The van der Waals surface area contributed by atoms with Crippen LogP contribution in [-0.4, -0.2) is 52.4 Å². The Balaban J connectivity index is 1.27. The molecular weight excluding hydrogens is 525 g/mol. The zero-order valence-electron chi connectivity index (χ0n) is 25.6. The minimum absolute atomic E-state index is 0.0250. The summed E-state index contributed by atoms with van der Waals surface area (Å²) in [5, 5.41) is 0. The Labute approximate surface area is 251 Å². The number of unbranched alkanes of at least 4 members (excludes halogenated alkanes) is 10. The molecule has 226 valence electrons. The van der Waals surface area contributed by atoms with Gasteiger partial charge in [-0.25, -0.2) is 4.39 Å². The molecular formula is C36H48FN3O2. The molecule has 0 aliphatic carbocycles. The molecule has 1 aromatic heterocycles. The van der Waals surface area contributed by atoms with Crippen molar-refractivity contribution in [2.24, 2.45) is 0 Å². The summed E-state index contributed by atoms with van der Waals surface area (Å²) in [5.74, 6) is -0.105. The number of aromatic nitrogens is 1. The third-order valence-electron chi connectivity index (χ3n) is 8.55. The minimum Gasteiger partial charge on any atom is -0.339 e. The fraction of sp³-hybridized carbons (Fsp3) is 0.500. The zero-order valence-corrected chi connectivity index (χ0v) is 25.6. The van der Waals surface area contributed by atoms with Gasteiger partial charge in [0.1, 0.15) is 5.82 Å². The van der Waals surface area contributed by atoms with Crippen LogP contribution in [-0.2, 0) is 4.79 Å². The Morgan fingerprint density at radius 3 is 1.86 bits per heavy atom. The van der Waals surface area contributed by atoms with Gasteiger partial charge in [0.15, 0.2) is 0 Å². The van der Waals surface area contributed by atoms with E-state index >= 15 is 0 Å². The molecule has 1 fully saturated rings. The summed E-state index contributed by atoms with van der Waals surface area (Å²) in [4.78, 5) is 30.3. The first-order valence-electron chi connectivity index (χ1n) is 16.1. The van der Waals surface area contributed by atoms with E-state index in [0.717, 1.165) is 35.5 Å². The van der Waals surface area contributed by atoms with Gasteiger partial charge in [-0.05, 0) is 61.4 Å². The molecule has 2 aromatic carbocycles. The molecule has 6 heteroatoms. The average molecular weight is 574 g/mol. The van der Waals surface area contributed by atoms with Gasteiger partial charge in [0, 0.05) is 44.0 Å². The SMILES string of the molecule is CCCCCCCCCCCCCC(=O)N1CCN(C(=O)c2cc(-c3ccc(F)cc3)n(-c3ccccc3)c2C)CC1. The van der Waals surface area contributed by atoms with Crippen LogP contribution in [0.2, 0.25) is 0 Å². The molecule has 4 rings (SSSR count). The van der Waals surface area contributed by atoms with Gasteiger partial charge in [-0.1, -0.05) is 89.3 Å². The number of carbonyl (C=O) groups excluding carboxylic acids is 2.